The largest absolute Gasteiger partial charge is 0.490 e. The molecule has 0 atom stereocenters. The first-order valence-electron chi connectivity index (χ1n) is 7.71. The van der Waals surface area contributed by atoms with Gasteiger partial charge in [0.2, 0.25) is 0 Å². The lowest BCUT2D eigenvalue weighted by Crippen LogP contribution is -2.25. The van der Waals surface area contributed by atoms with Gasteiger partial charge in [-0.1, -0.05) is 11.2 Å². The SMILES string of the molecule is O=C(NCCc1cccnc1)c1cc(C2CC2)on1.O=C(O)C(F)(F)F. The summed E-state index contributed by atoms with van der Waals surface area (Å²) < 4.78 is 36.9. The fraction of sp³-hybridized carbons (Fsp3) is 0.375. The standard InChI is InChI=1S/C14H15N3O2.C2HF3O2/c18-14(12-8-13(19-17-12)11-3-4-11)16-7-5-10-2-1-6-15-9-10;3-2(4,5)1(6)7/h1-2,6,8-9,11H,3-5,7H2,(H,16,18);(H,6,7). The van der Waals surface area contributed by atoms with Crippen LogP contribution < -0.4 is 5.32 Å². The van der Waals surface area contributed by atoms with Gasteiger partial charge in [-0.05, 0) is 30.9 Å². The van der Waals surface area contributed by atoms with Crippen molar-refractivity contribution in [2.75, 3.05) is 6.54 Å². The molecule has 0 bridgehead atoms. The second-order valence-electron chi connectivity index (χ2n) is 5.56. The highest BCUT2D eigenvalue weighted by atomic mass is 19.4. The first-order chi connectivity index (χ1) is 12.3. The molecular formula is C16H16F3N3O4. The molecule has 1 amide bonds. The van der Waals surface area contributed by atoms with Crippen LogP contribution >= 0.6 is 0 Å². The number of alkyl halides is 3. The molecule has 26 heavy (non-hydrogen) atoms. The Morgan fingerprint density at radius 1 is 1.35 bits per heavy atom. The zero-order valence-corrected chi connectivity index (χ0v) is 13.5. The minimum absolute atomic E-state index is 0.181. The number of halogens is 3. The number of hydrogen-bond donors (Lipinski definition) is 2. The van der Waals surface area contributed by atoms with Crippen molar-refractivity contribution in [1.29, 1.82) is 0 Å². The molecule has 0 radical (unpaired) electrons. The molecule has 1 aliphatic carbocycles. The normalized spacial score (nSPS) is 13.5. The summed E-state index contributed by atoms with van der Waals surface area (Å²) >= 11 is 0. The van der Waals surface area contributed by atoms with Crippen molar-refractivity contribution >= 4 is 11.9 Å². The van der Waals surface area contributed by atoms with E-state index in [2.05, 4.69) is 15.5 Å². The van der Waals surface area contributed by atoms with E-state index in [1.807, 2.05) is 12.1 Å². The van der Waals surface area contributed by atoms with Crippen molar-refractivity contribution in [2.24, 2.45) is 0 Å². The van der Waals surface area contributed by atoms with Gasteiger partial charge < -0.3 is 14.9 Å². The van der Waals surface area contributed by atoms with E-state index in [1.165, 1.54) is 0 Å². The van der Waals surface area contributed by atoms with Crippen LogP contribution in [0.4, 0.5) is 13.2 Å². The number of aromatic nitrogens is 2. The number of amides is 1. The summed E-state index contributed by atoms with van der Waals surface area (Å²) in [5.74, 6) is -1.63. The summed E-state index contributed by atoms with van der Waals surface area (Å²) in [4.78, 5) is 24.8. The van der Waals surface area contributed by atoms with Crippen molar-refractivity contribution < 1.29 is 32.4 Å². The number of aliphatic carboxylic acids is 1. The Bertz CT molecular complexity index is 743. The van der Waals surface area contributed by atoms with Crippen LogP contribution in [0, 0.1) is 0 Å². The van der Waals surface area contributed by atoms with Gasteiger partial charge in [0.05, 0.1) is 0 Å². The highest BCUT2D eigenvalue weighted by Gasteiger charge is 2.38. The minimum Gasteiger partial charge on any atom is -0.475 e. The summed E-state index contributed by atoms with van der Waals surface area (Å²) in [5, 5.41) is 13.8. The molecule has 1 saturated carbocycles. The van der Waals surface area contributed by atoms with Crippen molar-refractivity contribution in [1.82, 2.24) is 15.5 Å². The van der Waals surface area contributed by atoms with Gasteiger partial charge in [0.25, 0.3) is 5.91 Å². The minimum atomic E-state index is -5.08. The molecule has 0 aromatic carbocycles. The lowest BCUT2D eigenvalue weighted by molar-refractivity contribution is -0.192. The summed E-state index contributed by atoms with van der Waals surface area (Å²) in [6.07, 6.45) is 1.48. The van der Waals surface area contributed by atoms with Crippen molar-refractivity contribution in [2.45, 2.75) is 31.4 Å². The van der Waals surface area contributed by atoms with Crippen LogP contribution in [-0.4, -0.2) is 39.8 Å². The van der Waals surface area contributed by atoms with Crippen molar-refractivity contribution in [3.05, 3.63) is 47.6 Å². The molecule has 0 spiro atoms. The number of pyridine rings is 1. The second kappa shape index (κ2) is 8.45. The molecule has 1 fully saturated rings. The van der Waals surface area contributed by atoms with Crippen LogP contribution in [0.5, 0.6) is 0 Å². The zero-order valence-electron chi connectivity index (χ0n) is 13.5. The maximum Gasteiger partial charge on any atom is 0.490 e. The van der Waals surface area contributed by atoms with Gasteiger partial charge in [0, 0.05) is 30.9 Å². The van der Waals surface area contributed by atoms with Crippen LogP contribution in [0.25, 0.3) is 0 Å². The molecular weight excluding hydrogens is 355 g/mol. The third-order valence-corrected chi connectivity index (χ3v) is 3.41. The molecule has 3 rings (SSSR count). The Morgan fingerprint density at radius 3 is 2.58 bits per heavy atom. The topological polar surface area (TPSA) is 105 Å². The van der Waals surface area contributed by atoms with Crippen LogP contribution in [0.1, 0.15) is 40.6 Å². The highest BCUT2D eigenvalue weighted by molar-refractivity contribution is 5.92. The van der Waals surface area contributed by atoms with E-state index in [-0.39, 0.29) is 5.91 Å². The Hall–Kier alpha value is -2.91. The zero-order chi connectivity index (χ0) is 19.2. The van der Waals surface area contributed by atoms with Crippen LogP contribution in [0.15, 0.2) is 35.1 Å². The number of carbonyl (C=O) groups is 2. The van der Waals surface area contributed by atoms with E-state index in [1.54, 1.807) is 18.5 Å². The van der Waals surface area contributed by atoms with E-state index in [0.29, 0.717) is 18.2 Å². The molecule has 2 heterocycles. The van der Waals surface area contributed by atoms with E-state index in [4.69, 9.17) is 14.4 Å². The van der Waals surface area contributed by atoms with E-state index >= 15 is 0 Å². The molecule has 1 aliphatic rings. The van der Waals surface area contributed by atoms with Crippen molar-refractivity contribution in [3.8, 4) is 0 Å². The molecule has 2 N–H and O–H groups in total. The summed E-state index contributed by atoms with van der Waals surface area (Å²) in [7, 11) is 0. The van der Waals surface area contributed by atoms with E-state index < -0.39 is 12.1 Å². The predicted molar refractivity (Wildman–Crippen MR) is 82.4 cm³/mol. The molecule has 7 nitrogen and oxygen atoms in total. The number of hydrogen-bond acceptors (Lipinski definition) is 5. The maximum atomic E-state index is 11.8. The van der Waals surface area contributed by atoms with Crippen LogP contribution in [-0.2, 0) is 11.2 Å². The second-order valence-corrected chi connectivity index (χ2v) is 5.56. The van der Waals surface area contributed by atoms with E-state index in [0.717, 1.165) is 30.6 Å². The fourth-order valence-electron chi connectivity index (χ4n) is 1.91. The Kier molecular flexibility index (Phi) is 6.31. The fourth-order valence-corrected chi connectivity index (χ4v) is 1.91. The molecule has 0 aliphatic heterocycles. The summed E-state index contributed by atoms with van der Waals surface area (Å²) in [6.45, 7) is 0.566. The third kappa shape index (κ3) is 6.19. The molecule has 140 valence electrons. The van der Waals surface area contributed by atoms with Gasteiger partial charge in [-0.2, -0.15) is 13.2 Å². The number of nitrogens with zero attached hydrogens (tertiary/aromatic N) is 2. The number of rotatable bonds is 5. The smallest absolute Gasteiger partial charge is 0.475 e. The lowest BCUT2D eigenvalue weighted by atomic mass is 10.2. The number of carbonyl (C=O) groups excluding carboxylic acids is 1. The lowest BCUT2D eigenvalue weighted by Gasteiger charge is -2.02. The Balaban J connectivity index is 0.000000298. The maximum absolute atomic E-state index is 11.8. The number of carboxylic acids is 1. The predicted octanol–water partition coefficient (Wildman–Crippen LogP) is 2.55. The van der Waals surface area contributed by atoms with E-state index in [9.17, 15) is 18.0 Å². The summed E-state index contributed by atoms with van der Waals surface area (Å²) in [6, 6.07) is 5.62. The molecule has 0 saturated heterocycles. The number of carboxylic acid groups (broad SMARTS) is 1. The average Bonchev–Trinajstić information content (AvgIpc) is 3.32. The average molecular weight is 371 g/mol. The summed E-state index contributed by atoms with van der Waals surface area (Å²) in [5.41, 5.74) is 1.47. The first kappa shape index (κ1) is 19.4. The van der Waals surface area contributed by atoms with Gasteiger partial charge in [-0.25, -0.2) is 4.79 Å². The van der Waals surface area contributed by atoms with Crippen molar-refractivity contribution in [3.63, 3.8) is 0 Å². The first-order valence-corrected chi connectivity index (χ1v) is 7.71. The van der Waals surface area contributed by atoms with Gasteiger partial charge in [-0.3, -0.25) is 9.78 Å². The monoisotopic (exact) mass is 371 g/mol. The van der Waals surface area contributed by atoms with Gasteiger partial charge in [0.15, 0.2) is 5.69 Å². The van der Waals surface area contributed by atoms with Crippen LogP contribution in [0.3, 0.4) is 0 Å². The molecule has 2 aromatic rings. The highest BCUT2D eigenvalue weighted by Crippen LogP contribution is 2.40. The Morgan fingerprint density at radius 2 is 2.04 bits per heavy atom. The molecule has 10 heteroatoms. The van der Waals surface area contributed by atoms with Gasteiger partial charge >= 0.3 is 12.1 Å². The number of nitrogens with one attached hydrogen (secondary N) is 1. The molecule has 0 unspecified atom stereocenters. The van der Waals surface area contributed by atoms with Crippen LogP contribution in [0.2, 0.25) is 0 Å². The van der Waals surface area contributed by atoms with Gasteiger partial charge in [0.1, 0.15) is 5.76 Å². The third-order valence-electron chi connectivity index (χ3n) is 3.41. The molecule has 2 aromatic heterocycles. The Labute approximate surface area is 146 Å². The quantitative estimate of drug-likeness (QED) is 0.837. The van der Waals surface area contributed by atoms with Gasteiger partial charge in [-0.15, -0.1) is 0 Å².